The maximum atomic E-state index is 11.4. The summed E-state index contributed by atoms with van der Waals surface area (Å²) >= 11 is 0. The van der Waals surface area contributed by atoms with E-state index >= 15 is 0 Å². The first-order chi connectivity index (χ1) is 9.52. The number of primary amides is 1. The minimum Gasteiger partial charge on any atom is -0.378 e. The molecule has 0 aliphatic carbocycles. The summed E-state index contributed by atoms with van der Waals surface area (Å²) in [4.78, 5) is 24.4. The second-order valence-corrected chi connectivity index (χ2v) is 4.90. The summed E-state index contributed by atoms with van der Waals surface area (Å²) in [6.07, 6.45) is 0.842. The van der Waals surface area contributed by atoms with Gasteiger partial charge in [-0.05, 0) is 18.6 Å². The molecule has 6 nitrogen and oxygen atoms in total. The lowest BCUT2D eigenvalue weighted by atomic mass is 10.1. The number of nitrogens with one attached hydrogen (secondary N) is 1. The van der Waals surface area contributed by atoms with E-state index in [0.717, 1.165) is 18.5 Å². The van der Waals surface area contributed by atoms with Gasteiger partial charge in [-0.2, -0.15) is 0 Å². The highest BCUT2D eigenvalue weighted by molar-refractivity contribution is 6.02. The Morgan fingerprint density at radius 3 is 2.90 bits per heavy atom. The predicted octanol–water partition coefficient (Wildman–Crippen LogP) is 0.764. The molecular formula is C14H19N3O3. The van der Waals surface area contributed by atoms with Crippen LogP contribution >= 0.6 is 0 Å². The lowest BCUT2D eigenvalue weighted by Gasteiger charge is -2.23. The Morgan fingerprint density at radius 2 is 2.25 bits per heavy atom. The number of nitrogens with zero attached hydrogens (tertiary/aromatic N) is 1. The molecule has 1 unspecified atom stereocenters. The summed E-state index contributed by atoms with van der Waals surface area (Å²) in [5.41, 5.74) is 7.23. The lowest BCUT2D eigenvalue weighted by Crippen LogP contribution is -2.34. The molecule has 2 rings (SSSR count). The summed E-state index contributed by atoms with van der Waals surface area (Å²) in [7, 11) is 0. The minimum atomic E-state index is -1.11. The third kappa shape index (κ3) is 2.91. The molecule has 0 bridgehead atoms. The summed E-state index contributed by atoms with van der Waals surface area (Å²) in [5, 5.41) is 12.3. The van der Waals surface area contributed by atoms with Gasteiger partial charge in [-0.3, -0.25) is 9.59 Å². The van der Waals surface area contributed by atoms with Crippen molar-refractivity contribution in [2.45, 2.75) is 25.9 Å². The van der Waals surface area contributed by atoms with Crippen LogP contribution in [-0.4, -0.2) is 30.0 Å². The van der Waals surface area contributed by atoms with Crippen molar-refractivity contribution in [2.75, 3.05) is 23.3 Å². The first-order valence-corrected chi connectivity index (χ1v) is 6.69. The fourth-order valence-corrected chi connectivity index (χ4v) is 2.27. The van der Waals surface area contributed by atoms with Gasteiger partial charge in [-0.1, -0.05) is 19.4 Å². The molecule has 0 aromatic heterocycles. The zero-order valence-electron chi connectivity index (χ0n) is 11.4. The van der Waals surface area contributed by atoms with Gasteiger partial charge in [-0.25, -0.2) is 0 Å². The van der Waals surface area contributed by atoms with Gasteiger partial charge in [0.2, 0.25) is 5.91 Å². The van der Waals surface area contributed by atoms with Crippen molar-refractivity contribution in [2.24, 2.45) is 5.73 Å². The summed E-state index contributed by atoms with van der Waals surface area (Å²) in [5.74, 6) is -0.821. The van der Waals surface area contributed by atoms with Gasteiger partial charge in [0.05, 0.1) is 6.54 Å². The van der Waals surface area contributed by atoms with Gasteiger partial charge in [0.15, 0.2) is 6.10 Å². The molecule has 1 aliphatic rings. The second kappa shape index (κ2) is 5.92. The van der Waals surface area contributed by atoms with Gasteiger partial charge < -0.3 is 21.1 Å². The molecule has 0 radical (unpaired) electrons. The van der Waals surface area contributed by atoms with Crippen LogP contribution in [0.1, 0.15) is 31.4 Å². The van der Waals surface area contributed by atoms with E-state index < -0.39 is 17.9 Å². The molecule has 1 aromatic rings. The smallest absolute Gasteiger partial charge is 0.257 e. The van der Waals surface area contributed by atoms with Gasteiger partial charge in [0.1, 0.15) is 0 Å². The predicted molar refractivity (Wildman–Crippen MR) is 76.3 cm³/mol. The third-order valence-electron chi connectivity index (χ3n) is 3.33. The number of hydrogen-bond donors (Lipinski definition) is 3. The second-order valence-electron chi connectivity index (χ2n) is 4.90. The first-order valence-electron chi connectivity index (χ1n) is 6.69. The number of aliphatic hydroxyl groups excluding tert-OH is 1. The van der Waals surface area contributed by atoms with E-state index in [2.05, 4.69) is 12.2 Å². The van der Waals surface area contributed by atoms with Gasteiger partial charge in [0.25, 0.3) is 5.91 Å². The number of carbonyl (C=O) groups excluding carboxylic acids is 2. The molecular weight excluding hydrogens is 258 g/mol. The van der Waals surface area contributed by atoms with Crippen molar-refractivity contribution in [3.8, 4) is 0 Å². The monoisotopic (exact) mass is 277 g/mol. The van der Waals surface area contributed by atoms with Gasteiger partial charge in [-0.15, -0.1) is 0 Å². The largest absolute Gasteiger partial charge is 0.378 e. The number of amides is 2. The maximum Gasteiger partial charge on any atom is 0.257 e. The van der Waals surface area contributed by atoms with Crippen LogP contribution in [0, 0.1) is 0 Å². The molecule has 108 valence electrons. The van der Waals surface area contributed by atoms with Crippen LogP contribution in [0.3, 0.4) is 0 Å². The fourth-order valence-electron chi connectivity index (χ4n) is 2.27. The van der Waals surface area contributed by atoms with E-state index in [1.807, 2.05) is 4.90 Å². The number of benzene rings is 1. The fraction of sp³-hybridized carbons (Fsp3) is 0.429. The van der Waals surface area contributed by atoms with Crippen LogP contribution in [0.4, 0.5) is 11.4 Å². The quantitative estimate of drug-likeness (QED) is 0.715. The van der Waals surface area contributed by atoms with Crippen LogP contribution in [0.25, 0.3) is 0 Å². The van der Waals surface area contributed by atoms with Crippen molar-refractivity contribution in [3.63, 3.8) is 0 Å². The van der Waals surface area contributed by atoms with Gasteiger partial charge in [0, 0.05) is 23.5 Å². The molecule has 1 heterocycles. The Morgan fingerprint density at radius 1 is 1.50 bits per heavy atom. The van der Waals surface area contributed by atoms with E-state index in [4.69, 9.17) is 5.73 Å². The van der Waals surface area contributed by atoms with Crippen molar-refractivity contribution >= 4 is 23.2 Å². The first kappa shape index (κ1) is 14.3. The van der Waals surface area contributed by atoms with Crippen molar-refractivity contribution in [3.05, 3.63) is 23.8 Å². The van der Waals surface area contributed by atoms with Crippen LogP contribution in [0.2, 0.25) is 0 Å². The van der Waals surface area contributed by atoms with Crippen LogP contribution < -0.4 is 16.0 Å². The highest BCUT2D eigenvalue weighted by Gasteiger charge is 2.28. The standard InChI is InChI=1S/C14H19N3O3/c1-2-3-6-17(8-12(15)18)9-4-5-10-11(7-9)16-14(20)13(10)19/h4-5,7,13,19H,2-3,6,8H2,1H3,(H2,15,18)(H,16,20). The van der Waals surface area contributed by atoms with E-state index in [-0.39, 0.29) is 6.54 Å². The highest BCUT2D eigenvalue weighted by Crippen LogP contribution is 2.33. The molecule has 2 amide bonds. The molecule has 0 saturated heterocycles. The lowest BCUT2D eigenvalue weighted by molar-refractivity contribution is -0.123. The number of fused-ring (bicyclic) bond motifs is 1. The molecule has 1 aliphatic heterocycles. The number of anilines is 2. The number of unbranched alkanes of at least 4 members (excludes halogenated alkanes) is 1. The number of nitrogens with two attached hydrogens (primary N) is 1. The minimum absolute atomic E-state index is 0.134. The Bertz CT molecular complexity index is 530. The highest BCUT2D eigenvalue weighted by atomic mass is 16.3. The average Bonchev–Trinajstić information content (AvgIpc) is 2.69. The third-order valence-corrected chi connectivity index (χ3v) is 3.33. The van der Waals surface area contributed by atoms with Crippen molar-refractivity contribution < 1.29 is 14.7 Å². The Kier molecular flexibility index (Phi) is 4.24. The summed E-state index contributed by atoms with van der Waals surface area (Å²) in [6, 6.07) is 5.26. The number of rotatable bonds is 6. The molecule has 0 spiro atoms. The van der Waals surface area contributed by atoms with Gasteiger partial charge >= 0.3 is 0 Å². The SMILES string of the molecule is CCCCN(CC(N)=O)c1ccc2c(c1)NC(=O)C2O. The normalized spacial score (nSPS) is 16.7. The van der Waals surface area contributed by atoms with E-state index in [1.165, 1.54) is 0 Å². The molecule has 6 heteroatoms. The molecule has 1 atom stereocenters. The average molecular weight is 277 g/mol. The van der Waals surface area contributed by atoms with Crippen LogP contribution in [-0.2, 0) is 9.59 Å². The molecule has 20 heavy (non-hydrogen) atoms. The zero-order chi connectivity index (χ0) is 14.7. The number of carbonyl (C=O) groups is 2. The zero-order valence-corrected chi connectivity index (χ0v) is 11.4. The van der Waals surface area contributed by atoms with Crippen LogP contribution in [0.5, 0.6) is 0 Å². The summed E-state index contributed by atoms with van der Waals surface area (Å²) in [6.45, 7) is 2.92. The molecule has 0 fully saturated rings. The number of hydrogen-bond acceptors (Lipinski definition) is 4. The van der Waals surface area contributed by atoms with E-state index in [0.29, 0.717) is 17.8 Å². The summed E-state index contributed by atoms with van der Waals surface area (Å²) < 4.78 is 0. The maximum absolute atomic E-state index is 11.4. The Balaban J connectivity index is 2.24. The van der Waals surface area contributed by atoms with Crippen molar-refractivity contribution in [1.82, 2.24) is 0 Å². The Hall–Kier alpha value is -2.08. The molecule has 1 aromatic carbocycles. The van der Waals surface area contributed by atoms with E-state index in [9.17, 15) is 14.7 Å². The molecule has 0 saturated carbocycles. The van der Waals surface area contributed by atoms with E-state index in [1.54, 1.807) is 18.2 Å². The topological polar surface area (TPSA) is 95.7 Å². The Labute approximate surface area is 117 Å². The molecule has 4 N–H and O–H groups in total. The number of aliphatic hydroxyl groups is 1. The van der Waals surface area contributed by atoms with Crippen LogP contribution in [0.15, 0.2) is 18.2 Å². The van der Waals surface area contributed by atoms with Crippen molar-refractivity contribution in [1.29, 1.82) is 0 Å².